The summed E-state index contributed by atoms with van der Waals surface area (Å²) in [6, 6.07) is 8.21. The average Bonchev–Trinajstić information content (AvgIpc) is 2.60. The van der Waals surface area contributed by atoms with Gasteiger partial charge in [-0.3, -0.25) is 4.90 Å². The van der Waals surface area contributed by atoms with Crippen LogP contribution in [-0.2, 0) is 18.4 Å². The summed E-state index contributed by atoms with van der Waals surface area (Å²) in [4.78, 5) is 2.77. The number of rotatable bonds is 4. The van der Waals surface area contributed by atoms with Gasteiger partial charge in [0.1, 0.15) is 0 Å². The lowest BCUT2D eigenvalue weighted by atomic mass is 9.74. The minimum absolute atomic E-state index is 0.348. The summed E-state index contributed by atoms with van der Waals surface area (Å²) in [6.45, 7) is 14.4. The Morgan fingerprint density at radius 1 is 1.08 bits per heavy atom. The van der Waals surface area contributed by atoms with Gasteiger partial charge >= 0.3 is 0 Å². The highest BCUT2D eigenvalue weighted by atomic mass is 15.2. The van der Waals surface area contributed by atoms with E-state index in [1.165, 1.54) is 58.0 Å². The molecule has 1 nitrogen and oxygen atoms in total. The van der Waals surface area contributed by atoms with Gasteiger partial charge in [-0.05, 0) is 72.5 Å². The van der Waals surface area contributed by atoms with E-state index in [1.54, 1.807) is 16.7 Å². The molecular formula is C23H37N. The SMILES string of the molecule is CCC(C)(CC)c1ccc2c(c1)CCN(C1CCC(C)(C)CC1)C2. The van der Waals surface area contributed by atoms with E-state index >= 15 is 0 Å². The Morgan fingerprint density at radius 2 is 1.75 bits per heavy atom. The predicted octanol–water partition coefficient (Wildman–Crippen LogP) is 6.09. The van der Waals surface area contributed by atoms with Crippen LogP contribution < -0.4 is 0 Å². The first-order valence-electron chi connectivity index (χ1n) is 10.2. The molecule has 0 aromatic heterocycles. The highest BCUT2D eigenvalue weighted by Gasteiger charge is 2.32. The molecule has 0 atom stereocenters. The molecule has 134 valence electrons. The first-order chi connectivity index (χ1) is 11.4. The van der Waals surface area contributed by atoms with Crippen molar-refractivity contribution in [2.75, 3.05) is 6.54 Å². The molecule has 1 aromatic rings. The summed E-state index contributed by atoms with van der Waals surface area (Å²) in [6.07, 6.45) is 9.27. The summed E-state index contributed by atoms with van der Waals surface area (Å²) >= 11 is 0. The molecule has 1 aromatic carbocycles. The Kier molecular flexibility index (Phi) is 5.12. The molecule has 0 N–H and O–H groups in total. The lowest BCUT2D eigenvalue weighted by Crippen LogP contribution is -2.42. The average molecular weight is 328 g/mol. The van der Waals surface area contributed by atoms with E-state index in [1.807, 2.05) is 0 Å². The van der Waals surface area contributed by atoms with Crippen molar-refractivity contribution < 1.29 is 0 Å². The van der Waals surface area contributed by atoms with Gasteiger partial charge in [0, 0.05) is 19.1 Å². The standard InChI is InChI=1S/C23H37N/c1-6-23(5,7-2)20-9-8-19-17-24(15-12-18(19)16-20)21-10-13-22(3,4)14-11-21/h8-9,16,21H,6-7,10-15,17H2,1-5H3. The fourth-order valence-corrected chi connectivity index (χ4v) is 4.67. The van der Waals surface area contributed by atoms with Gasteiger partial charge in [-0.25, -0.2) is 0 Å². The Morgan fingerprint density at radius 3 is 2.38 bits per heavy atom. The first kappa shape index (κ1) is 18.0. The molecule has 1 heteroatoms. The second kappa shape index (κ2) is 6.83. The van der Waals surface area contributed by atoms with Crippen LogP contribution in [0.5, 0.6) is 0 Å². The molecule has 1 fully saturated rings. The van der Waals surface area contributed by atoms with Gasteiger partial charge in [-0.1, -0.05) is 52.8 Å². The zero-order valence-electron chi connectivity index (χ0n) is 16.6. The normalized spacial score (nSPS) is 22.4. The minimum Gasteiger partial charge on any atom is -0.296 e. The van der Waals surface area contributed by atoms with Crippen molar-refractivity contribution in [1.29, 1.82) is 0 Å². The van der Waals surface area contributed by atoms with Gasteiger partial charge in [0.25, 0.3) is 0 Å². The maximum absolute atomic E-state index is 2.77. The van der Waals surface area contributed by atoms with Crippen LogP contribution in [0.15, 0.2) is 18.2 Å². The van der Waals surface area contributed by atoms with E-state index in [0.29, 0.717) is 10.8 Å². The maximum Gasteiger partial charge on any atom is 0.0239 e. The van der Waals surface area contributed by atoms with Gasteiger partial charge in [0.2, 0.25) is 0 Å². The fourth-order valence-electron chi connectivity index (χ4n) is 4.67. The van der Waals surface area contributed by atoms with Crippen LogP contribution in [0.4, 0.5) is 0 Å². The molecule has 1 saturated carbocycles. The van der Waals surface area contributed by atoms with Gasteiger partial charge < -0.3 is 0 Å². The Balaban J connectivity index is 1.71. The molecule has 0 unspecified atom stereocenters. The quantitative estimate of drug-likeness (QED) is 0.646. The molecule has 3 rings (SSSR count). The van der Waals surface area contributed by atoms with Crippen molar-refractivity contribution in [1.82, 2.24) is 4.90 Å². The minimum atomic E-state index is 0.348. The molecule has 24 heavy (non-hydrogen) atoms. The molecule has 1 heterocycles. The second-order valence-electron chi connectivity index (χ2n) is 9.37. The van der Waals surface area contributed by atoms with Crippen molar-refractivity contribution in [3.05, 3.63) is 34.9 Å². The van der Waals surface area contributed by atoms with Crippen molar-refractivity contribution >= 4 is 0 Å². The van der Waals surface area contributed by atoms with Gasteiger partial charge in [-0.15, -0.1) is 0 Å². The first-order valence-corrected chi connectivity index (χ1v) is 10.2. The Labute approximate surface area is 149 Å². The van der Waals surface area contributed by atoms with Crippen molar-refractivity contribution in [2.24, 2.45) is 5.41 Å². The highest BCUT2D eigenvalue weighted by Crippen LogP contribution is 2.39. The van der Waals surface area contributed by atoms with Crippen LogP contribution in [0, 0.1) is 5.41 Å². The second-order valence-corrected chi connectivity index (χ2v) is 9.37. The zero-order valence-corrected chi connectivity index (χ0v) is 16.6. The smallest absolute Gasteiger partial charge is 0.0239 e. The number of benzene rings is 1. The molecule has 0 saturated heterocycles. The number of hydrogen-bond donors (Lipinski definition) is 0. The summed E-state index contributed by atoms with van der Waals surface area (Å²) in [5, 5.41) is 0. The number of nitrogens with zero attached hydrogens (tertiary/aromatic N) is 1. The van der Waals surface area contributed by atoms with Crippen molar-refractivity contribution in [2.45, 2.75) is 97.6 Å². The molecule has 0 amide bonds. The molecule has 2 aliphatic rings. The number of fused-ring (bicyclic) bond motifs is 1. The summed E-state index contributed by atoms with van der Waals surface area (Å²) in [7, 11) is 0. The Bertz CT molecular complexity index is 557. The molecule has 1 aliphatic heterocycles. The zero-order chi connectivity index (χ0) is 17.4. The monoisotopic (exact) mass is 327 g/mol. The van der Waals surface area contributed by atoms with E-state index in [2.05, 4.69) is 57.7 Å². The summed E-state index contributed by atoms with van der Waals surface area (Å²) < 4.78 is 0. The molecule has 1 aliphatic carbocycles. The topological polar surface area (TPSA) is 3.24 Å². The van der Waals surface area contributed by atoms with Crippen LogP contribution in [-0.4, -0.2) is 17.5 Å². The third-order valence-corrected chi connectivity index (χ3v) is 7.33. The molecule has 0 spiro atoms. The van der Waals surface area contributed by atoms with Gasteiger partial charge in [0.15, 0.2) is 0 Å². The van der Waals surface area contributed by atoms with Crippen LogP contribution in [0.25, 0.3) is 0 Å². The van der Waals surface area contributed by atoms with E-state index in [9.17, 15) is 0 Å². The van der Waals surface area contributed by atoms with E-state index < -0.39 is 0 Å². The summed E-state index contributed by atoms with van der Waals surface area (Å²) in [5.41, 5.74) is 5.68. The lowest BCUT2D eigenvalue weighted by molar-refractivity contribution is 0.0965. The van der Waals surface area contributed by atoms with E-state index in [4.69, 9.17) is 0 Å². The number of hydrogen-bond acceptors (Lipinski definition) is 1. The van der Waals surface area contributed by atoms with Crippen LogP contribution in [0.3, 0.4) is 0 Å². The van der Waals surface area contributed by atoms with Gasteiger partial charge in [0.05, 0.1) is 0 Å². The third-order valence-electron chi connectivity index (χ3n) is 7.33. The molecule has 0 radical (unpaired) electrons. The van der Waals surface area contributed by atoms with E-state index in [-0.39, 0.29) is 0 Å². The lowest BCUT2D eigenvalue weighted by Gasteiger charge is -2.42. The van der Waals surface area contributed by atoms with Crippen LogP contribution in [0.2, 0.25) is 0 Å². The molecule has 0 bridgehead atoms. The van der Waals surface area contributed by atoms with Crippen LogP contribution >= 0.6 is 0 Å². The van der Waals surface area contributed by atoms with Crippen LogP contribution in [0.1, 0.15) is 89.8 Å². The molecular weight excluding hydrogens is 290 g/mol. The Hall–Kier alpha value is -0.820. The highest BCUT2D eigenvalue weighted by molar-refractivity contribution is 5.37. The fraction of sp³-hybridized carbons (Fsp3) is 0.739. The summed E-state index contributed by atoms with van der Waals surface area (Å²) in [5.74, 6) is 0. The predicted molar refractivity (Wildman–Crippen MR) is 105 cm³/mol. The maximum atomic E-state index is 2.77. The van der Waals surface area contributed by atoms with Gasteiger partial charge in [-0.2, -0.15) is 0 Å². The largest absolute Gasteiger partial charge is 0.296 e. The van der Waals surface area contributed by atoms with Crippen molar-refractivity contribution in [3.8, 4) is 0 Å². The van der Waals surface area contributed by atoms with E-state index in [0.717, 1.165) is 6.04 Å². The van der Waals surface area contributed by atoms with Crippen molar-refractivity contribution in [3.63, 3.8) is 0 Å². The third kappa shape index (κ3) is 3.57.